The number of rotatable bonds is 5. The van der Waals surface area contributed by atoms with Crippen LogP contribution < -0.4 is 18.9 Å². The summed E-state index contributed by atoms with van der Waals surface area (Å²) < 4.78 is 22.8. The Bertz CT molecular complexity index is 1250. The number of carbonyl (C=O) groups excluding carboxylic acids is 1. The quantitative estimate of drug-likeness (QED) is 0.519. The van der Waals surface area contributed by atoms with Crippen LogP contribution in [0.2, 0.25) is 0 Å². The van der Waals surface area contributed by atoms with Crippen LogP contribution in [-0.2, 0) is 13.1 Å². The van der Waals surface area contributed by atoms with Gasteiger partial charge in [-0.3, -0.25) is 9.69 Å². The van der Waals surface area contributed by atoms with Gasteiger partial charge in [0.1, 0.15) is 29.7 Å². The molecule has 2 aliphatic heterocycles. The highest BCUT2D eigenvalue weighted by molar-refractivity contribution is 6.15. The molecular weight excluding hydrogens is 418 g/mol. The number of para-hydroxylation sites is 1. The van der Waals surface area contributed by atoms with Gasteiger partial charge in [-0.25, -0.2) is 0 Å². The van der Waals surface area contributed by atoms with Gasteiger partial charge < -0.3 is 18.9 Å². The predicted molar refractivity (Wildman–Crippen MR) is 125 cm³/mol. The highest BCUT2D eigenvalue weighted by atomic mass is 16.5. The Labute approximate surface area is 193 Å². The van der Waals surface area contributed by atoms with Crippen molar-refractivity contribution in [3.63, 3.8) is 0 Å². The average molecular weight is 443 g/mol. The summed E-state index contributed by atoms with van der Waals surface area (Å²) in [4.78, 5) is 15.3. The van der Waals surface area contributed by atoms with Crippen molar-refractivity contribution in [1.82, 2.24) is 4.90 Å². The number of hydrogen-bond acceptors (Lipinski definition) is 6. The van der Waals surface area contributed by atoms with Crippen molar-refractivity contribution in [1.29, 1.82) is 0 Å². The number of benzene rings is 3. The predicted octanol–water partition coefficient (Wildman–Crippen LogP) is 4.98. The van der Waals surface area contributed by atoms with Gasteiger partial charge in [0.2, 0.25) is 5.78 Å². The molecule has 3 aromatic carbocycles. The molecule has 0 fully saturated rings. The number of fused-ring (bicyclic) bond motifs is 2. The monoisotopic (exact) mass is 443 g/mol. The number of carbonyl (C=O) groups is 1. The second-order valence-corrected chi connectivity index (χ2v) is 8.15. The summed E-state index contributed by atoms with van der Waals surface area (Å²) in [6, 6.07) is 17.4. The summed E-state index contributed by atoms with van der Waals surface area (Å²) in [5.41, 5.74) is 4.37. The highest BCUT2D eigenvalue weighted by Gasteiger charge is 2.33. The van der Waals surface area contributed by atoms with E-state index in [4.69, 9.17) is 18.9 Å². The molecule has 2 heterocycles. The second kappa shape index (κ2) is 8.64. The number of Topliss-reactive ketones (excluding diaryl/α,β-unsaturated/α-hetero) is 1. The first-order chi connectivity index (χ1) is 16.1. The van der Waals surface area contributed by atoms with Gasteiger partial charge in [0.05, 0.1) is 19.8 Å². The Morgan fingerprint density at radius 3 is 2.58 bits per heavy atom. The van der Waals surface area contributed by atoms with Gasteiger partial charge >= 0.3 is 0 Å². The van der Waals surface area contributed by atoms with E-state index in [0.29, 0.717) is 36.9 Å². The number of ketones is 1. The zero-order chi connectivity index (χ0) is 22.9. The molecule has 0 bridgehead atoms. The van der Waals surface area contributed by atoms with Crippen LogP contribution in [0.3, 0.4) is 0 Å². The maximum atomic E-state index is 13.1. The molecule has 0 radical (unpaired) electrons. The van der Waals surface area contributed by atoms with E-state index in [1.807, 2.05) is 55.5 Å². The van der Waals surface area contributed by atoms with Crippen LogP contribution in [0, 0.1) is 6.92 Å². The maximum absolute atomic E-state index is 13.1. The molecule has 2 aliphatic rings. The van der Waals surface area contributed by atoms with E-state index in [1.54, 1.807) is 20.3 Å². The molecule has 3 aromatic rings. The van der Waals surface area contributed by atoms with Crippen molar-refractivity contribution in [3.05, 3.63) is 88.2 Å². The molecule has 0 N–H and O–H groups in total. The van der Waals surface area contributed by atoms with E-state index in [0.717, 1.165) is 39.5 Å². The van der Waals surface area contributed by atoms with Crippen molar-refractivity contribution in [3.8, 4) is 23.0 Å². The summed E-state index contributed by atoms with van der Waals surface area (Å²) in [5.74, 6) is 3.18. The third-order valence-corrected chi connectivity index (χ3v) is 6.00. The number of ether oxygens (including phenoxy) is 4. The second-order valence-electron chi connectivity index (χ2n) is 8.15. The first kappa shape index (κ1) is 21.1. The molecule has 0 spiro atoms. The molecule has 0 saturated heterocycles. The molecule has 0 atom stereocenters. The lowest BCUT2D eigenvalue weighted by Crippen LogP contribution is -2.32. The van der Waals surface area contributed by atoms with Crippen molar-refractivity contribution >= 4 is 11.9 Å². The average Bonchev–Trinajstić information content (AvgIpc) is 3.15. The Hall–Kier alpha value is -3.77. The standard InChI is InChI=1S/C27H25NO5/c1-17-26-20(15-28(16-32-26)14-19-6-4-5-7-23(19)31-3)13-22-25(29)24(33-27(17)22)12-18-8-10-21(30-2)11-9-18/h4-13H,14-16H2,1-3H3/b24-12-. The fraction of sp³-hybridized carbons (Fsp3) is 0.222. The van der Waals surface area contributed by atoms with Crippen molar-refractivity contribution < 1.29 is 23.7 Å². The molecule has 168 valence electrons. The molecule has 0 unspecified atom stereocenters. The van der Waals surface area contributed by atoms with Gasteiger partial charge in [0.25, 0.3) is 0 Å². The van der Waals surface area contributed by atoms with Crippen LogP contribution in [0.15, 0.2) is 60.4 Å². The van der Waals surface area contributed by atoms with E-state index in [-0.39, 0.29) is 5.78 Å². The van der Waals surface area contributed by atoms with Crippen LogP contribution >= 0.6 is 0 Å². The molecule has 0 aromatic heterocycles. The largest absolute Gasteiger partial charge is 0.497 e. The third kappa shape index (κ3) is 3.94. The molecule has 5 rings (SSSR count). The molecule has 33 heavy (non-hydrogen) atoms. The zero-order valence-electron chi connectivity index (χ0n) is 18.9. The van der Waals surface area contributed by atoms with Gasteiger partial charge in [-0.2, -0.15) is 0 Å². The Kier molecular flexibility index (Phi) is 5.52. The molecule has 0 saturated carbocycles. The Morgan fingerprint density at radius 1 is 1.03 bits per heavy atom. The summed E-state index contributed by atoms with van der Waals surface area (Å²) in [6.07, 6.45) is 1.76. The number of nitrogens with zero attached hydrogens (tertiary/aromatic N) is 1. The Balaban J connectivity index is 1.40. The first-order valence-electron chi connectivity index (χ1n) is 10.8. The van der Waals surface area contributed by atoms with Crippen LogP contribution in [0.25, 0.3) is 6.08 Å². The highest BCUT2D eigenvalue weighted by Crippen LogP contribution is 2.43. The van der Waals surface area contributed by atoms with Gasteiger partial charge in [-0.15, -0.1) is 0 Å². The van der Waals surface area contributed by atoms with E-state index in [1.165, 1.54) is 0 Å². The molecular formula is C27H25NO5. The lowest BCUT2D eigenvalue weighted by molar-refractivity contribution is 0.0869. The minimum Gasteiger partial charge on any atom is -0.497 e. The van der Waals surface area contributed by atoms with E-state index < -0.39 is 0 Å². The minimum absolute atomic E-state index is 0.117. The van der Waals surface area contributed by atoms with Gasteiger partial charge in [0.15, 0.2) is 5.76 Å². The van der Waals surface area contributed by atoms with Crippen LogP contribution in [0.5, 0.6) is 23.0 Å². The number of allylic oxidation sites excluding steroid dienone is 1. The molecule has 0 amide bonds. The van der Waals surface area contributed by atoms with Crippen molar-refractivity contribution in [2.24, 2.45) is 0 Å². The fourth-order valence-electron chi connectivity index (χ4n) is 4.32. The third-order valence-electron chi connectivity index (χ3n) is 6.00. The molecule has 6 heteroatoms. The maximum Gasteiger partial charge on any atom is 0.231 e. The van der Waals surface area contributed by atoms with Crippen LogP contribution in [-0.4, -0.2) is 31.6 Å². The zero-order valence-corrected chi connectivity index (χ0v) is 18.9. The first-order valence-corrected chi connectivity index (χ1v) is 10.8. The smallest absolute Gasteiger partial charge is 0.231 e. The Morgan fingerprint density at radius 2 is 1.82 bits per heavy atom. The van der Waals surface area contributed by atoms with Crippen molar-refractivity contribution in [2.45, 2.75) is 20.0 Å². The number of methoxy groups -OCH3 is 2. The molecule has 6 nitrogen and oxygen atoms in total. The van der Waals surface area contributed by atoms with Crippen LogP contribution in [0.4, 0.5) is 0 Å². The SMILES string of the molecule is COc1ccc(/C=C2\Oc3c(cc4c(c3C)OCN(Cc3ccccc3OC)C4)C2=O)cc1. The van der Waals surface area contributed by atoms with E-state index in [9.17, 15) is 4.79 Å². The lowest BCUT2D eigenvalue weighted by atomic mass is 9.99. The van der Waals surface area contributed by atoms with E-state index in [2.05, 4.69) is 11.0 Å². The normalized spacial score (nSPS) is 16.1. The minimum atomic E-state index is -0.117. The van der Waals surface area contributed by atoms with Crippen LogP contribution in [0.1, 0.15) is 32.6 Å². The van der Waals surface area contributed by atoms with Gasteiger partial charge in [-0.1, -0.05) is 30.3 Å². The summed E-state index contributed by atoms with van der Waals surface area (Å²) >= 11 is 0. The summed E-state index contributed by atoms with van der Waals surface area (Å²) in [5, 5.41) is 0. The summed E-state index contributed by atoms with van der Waals surface area (Å²) in [7, 11) is 3.30. The summed E-state index contributed by atoms with van der Waals surface area (Å²) in [6.45, 7) is 3.75. The van der Waals surface area contributed by atoms with Crippen molar-refractivity contribution in [2.75, 3.05) is 21.0 Å². The van der Waals surface area contributed by atoms with Gasteiger partial charge in [-0.05, 0) is 42.8 Å². The number of hydrogen-bond donors (Lipinski definition) is 0. The topological polar surface area (TPSA) is 57.2 Å². The van der Waals surface area contributed by atoms with E-state index >= 15 is 0 Å². The molecule has 0 aliphatic carbocycles. The fourth-order valence-corrected chi connectivity index (χ4v) is 4.32. The lowest BCUT2D eigenvalue weighted by Gasteiger charge is -2.30. The van der Waals surface area contributed by atoms with Gasteiger partial charge in [0, 0.05) is 29.8 Å².